The summed E-state index contributed by atoms with van der Waals surface area (Å²) in [4.78, 5) is 6.71. The van der Waals surface area contributed by atoms with E-state index in [1.165, 1.54) is 17.4 Å². The molecule has 2 rings (SSSR count). The molecule has 0 fully saturated rings. The predicted octanol–water partition coefficient (Wildman–Crippen LogP) is 2.61. The van der Waals surface area contributed by atoms with Crippen molar-refractivity contribution < 1.29 is 8.42 Å². The number of aliphatic imine (C=N–C) groups is 1. The van der Waals surface area contributed by atoms with E-state index in [1.807, 2.05) is 31.3 Å². The van der Waals surface area contributed by atoms with E-state index in [9.17, 15) is 8.42 Å². The molecule has 25 heavy (non-hydrogen) atoms. The fourth-order valence-corrected chi connectivity index (χ4v) is 3.17. The van der Waals surface area contributed by atoms with Gasteiger partial charge in [-0.3, -0.25) is 4.99 Å². The monoisotopic (exact) mass is 359 g/mol. The summed E-state index contributed by atoms with van der Waals surface area (Å²) in [5.41, 5.74) is 3.50. The van der Waals surface area contributed by atoms with Crippen molar-refractivity contribution in [1.29, 1.82) is 0 Å². The first-order chi connectivity index (χ1) is 11.8. The van der Waals surface area contributed by atoms with Crippen LogP contribution in [-0.4, -0.2) is 39.6 Å². The van der Waals surface area contributed by atoms with Crippen LogP contribution in [0.3, 0.4) is 0 Å². The number of sulfone groups is 1. The van der Waals surface area contributed by atoms with Crippen LogP contribution in [0.5, 0.6) is 0 Å². The second-order valence-corrected chi connectivity index (χ2v) is 8.12. The van der Waals surface area contributed by atoms with Crippen molar-refractivity contribution in [2.75, 3.05) is 20.4 Å². The SMILES string of the molecule is CN=C(NCc1ccc(S(C)(=O)=O)cc1)N(C)Cc1ccccc1C. The van der Waals surface area contributed by atoms with Crippen molar-refractivity contribution >= 4 is 15.8 Å². The highest BCUT2D eigenvalue weighted by molar-refractivity contribution is 7.90. The Bertz CT molecular complexity index is 843. The van der Waals surface area contributed by atoms with Gasteiger partial charge >= 0.3 is 0 Å². The van der Waals surface area contributed by atoms with Gasteiger partial charge in [0.05, 0.1) is 4.90 Å². The summed E-state index contributed by atoms with van der Waals surface area (Å²) in [7, 11) is 0.588. The average Bonchev–Trinajstić information content (AvgIpc) is 2.57. The largest absolute Gasteiger partial charge is 0.352 e. The molecule has 134 valence electrons. The van der Waals surface area contributed by atoms with E-state index >= 15 is 0 Å². The van der Waals surface area contributed by atoms with Crippen molar-refractivity contribution in [2.24, 2.45) is 4.99 Å². The van der Waals surface area contributed by atoms with Crippen LogP contribution in [0.4, 0.5) is 0 Å². The number of hydrogen-bond donors (Lipinski definition) is 1. The number of nitrogens with zero attached hydrogens (tertiary/aromatic N) is 2. The molecule has 0 atom stereocenters. The summed E-state index contributed by atoms with van der Waals surface area (Å²) < 4.78 is 23.0. The molecule has 0 aliphatic heterocycles. The smallest absolute Gasteiger partial charge is 0.193 e. The zero-order valence-electron chi connectivity index (χ0n) is 15.2. The fourth-order valence-electron chi connectivity index (χ4n) is 2.54. The van der Waals surface area contributed by atoms with E-state index < -0.39 is 9.84 Å². The second-order valence-electron chi connectivity index (χ2n) is 6.10. The molecule has 0 saturated carbocycles. The number of nitrogens with one attached hydrogen (secondary N) is 1. The van der Waals surface area contributed by atoms with E-state index in [1.54, 1.807) is 19.2 Å². The second kappa shape index (κ2) is 8.16. The highest BCUT2D eigenvalue weighted by atomic mass is 32.2. The van der Waals surface area contributed by atoms with Gasteiger partial charge in [-0.2, -0.15) is 0 Å². The molecule has 0 aliphatic carbocycles. The highest BCUT2D eigenvalue weighted by Gasteiger charge is 2.09. The van der Waals surface area contributed by atoms with Crippen molar-refractivity contribution in [3.63, 3.8) is 0 Å². The Balaban J connectivity index is 1.99. The van der Waals surface area contributed by atoms with Crippen LogP contribution in [0.25, 0.3) is 0 Å². The summed E-state index contributed by atoms with van der Waals surface area (Å²) in [5, 5.41) is 3.31. The third-order valence-corrected chi connectivity index (χ3v) is 5.17. The molecule has 0 saturated heterocycles. The van der Waals surface area contributed by atoms with Crippen LogP contribution in [0, 0.1) is 6.92 Å². The highest BCUT2D eigenvalue weighted by Crippen LogP contribution is 2.11. The van der Waals surface area contributed by atoms with Crippen molar-refractivity contribution in [3.05, 3.63) is 65.2 Å². The van der Waals surface area contributed by atoms with E-state index in [-0.39, 0.29) is 0 Å². The van der Waals surface area contributed by atoms with Gasteiger partial charge in [0.2, 0.25) is 0 Å². The molecule has 0 heterocycles. The minimum Gasteiger partial charge on any atom is -0.352 e. The standard InChI is InChI=1S/C19H25N3O2S/c1-15-7-5-6-8-17(15)14-22(3)19(20-2)21-13-16-9-11-18(12-10-16)25(4,23)24/h5-12H,13-14H2,1-4H3,(H,20,21). The van der Waals surface area contributed by atoms with Crippen LogP contribution in [0.1, 0.15) is 16.7 Å². The minimum absolute atomic E-state index is 0.331. The van der Waals surface area contributed by atoms with E-state index in [0.29, 0.717) is 11.4 Å². The average molecular weight is 359 g/mol. The fraction of sp³-hybridized carbons (Fsp3) is 0.316. The molecule has 6 heteroatoms. The molecule has 0 amide bonds. The molecule has 0 aromatic heterocycles. The van der Waals surface area contributed by atoms with E-state index in [4.69, 9.17) is 0 Å². The summed E-state index contributed by atoms with van der Waals surface area (Å²) in [6.07, 6.45) is 1.21. The normalized spacial score (nSPS) is 12.1. The number of hydrogen-bond acceptors (Lipinski definition) is 3. The first-order valence-electron chi connectivity index (χ1n) is 8.06. The Labute approximate surface area is 150 Å². The van der Waals surface area contributed by atoms with E-state index in [0.717, 1.165) is 18.1 Å². The molecular formula is C19H25N3O2S. The molecule has 0 unspecified atom stereocenters. The Morgan fingerprint density at radius 3 is 2.32 bits per heavy atom. The topological polar surface area (TPSA) is 61.8 Å². The number of aryl methyl sites for hydroxylation is 1. The number of benzene rings is 2. The molecule has 0 aliphatic rings. The maximum absolute atomic E-state index is 11.5. The molecule has 1 N–H and O–H groups in total. The van der Waals surface area contributed by atoms with Crippen molar-refractivity contribution in [3.8, 4) is 0 Å². The lowest BCUT2D eigenvalue weighted by molar-refractivity contribution is 0.475. The molecular weight excluding hydrogens is 334 g/mol. The third-order valence-electron chi connectivity index (χ3n) is 4.04. The third kappa shape index (κ3) is 5.32. The van der Waals surface area contributed by atoms with Crippen LogP contribution in [0.2, 0.25) is 0 Å². The maximum Gasteiger partial charge on any atom is 0.193 e. The minimum atomic E-state index is -3.16. The lowest BCUT2D eigenvalue weighted by Gasteiger charge is -2.23. The van der Waals surface area contributed by atoms with Gasteiger partial charge in [-0.1, -0.05) is 36.4 Å². The zero-order chi connectivity index (χ0) is 18.4. The van der Waals surface area contributed by atoms with Gasteiger partial charge in [0.15, 0.2) is 15.8 Å². The molecule has 0 bridgehead atoms. The van der Waals surface area contributed by atoms with Gasteiger partial charge < -0.3 is 10.2 Å². The van der Waals surface area contributed by atoms with Gasteiger partial charge in [-0.05, 0) is 35.7 Å². The van der Waals surface area contributed by atoms with Crippen LogP contribution >= 0.6 is 0 Å². The summed E-state index contributed by atoms with van der Waals surface area (Å²) >= 11 is 0. The van der Waals surface area contributed by atoms with Gasteiger partial charge in [0, 0.05) is 33.4 Å². The quantitative estimate of drug-likeness (QED) is 0.658. The van der Waals surface area contributed by atoms with E-state index in [2.05, 4.69) is 34.3 Å². The maximum atomic E-state index is 11.5. The van der Waals surface area contributed by atoms with Gasteiger partial charge in [-0.25, -0.2) is 8.42 Å². The summed E-state index contributed by atoms with van der Waals surface area (Å²) in [6.45, 7) is 3.44. The first-order valence-corrected chi connectivity index (χ1v) is 9.95. The molecule has 2 aromatic rings. The summed E-state index contributed by atoms with van der Waals surface area (Å²) in [6, 6.07) is 15.2. The molecule has 2 aromatic carbocycles. The van der Waals surface area contributed by atoms with Gasteiger partial charge in [0.1, 0.15) is 0 Å². The van der Waals surface area contributed by atoms with Crippen molar-refractivity contribution in [2.45, 2.75) is 24.9 Å². The Morgan fingerprint density at radius 1 is 1.12 bits per heavy atom. The van der Waals surface area contributed by atoms with Crippen LogP contribution in [0.15, 0.2) is 58.4 Å². The first kappa shape index (κ1) is 19.0. The van der Waals surface area contributed by atoms with Gasteiger partial charge in [-0.15, -0.1) is 0 Å². The molecule has 0 radical (unpaired) electrons. The van der Waals surface area contributed by atoms with Crippen LogP contribution in [-0.2, 0) is 22.9 Å². The van der Waals surface area contributed by atoms with Crippen molar-refractivity contribution in [1.82, 2.24) is 10.2 Å². The lowest BCUT2D eigenvalue weighted by Crippen LogP contribution is -2.38. The zero-order valence-corrected chi connectivity index (χ0v) is 16.0. The Kier molecular flexibility index (Phi) is 6.20. The Morgan fingerprint density at radius 2 is 1.76 bits per heavy atom. The molecule has 0 spiro atoms. The van der Waals surface area contributed by atoms with Gasteiger partial charge in [0.25, 0.3) is 0 Å². The lowest BCUT2D eigenvalue weighted by atomic mass is 10.1. The summed E-state index contributed by atoms with van der Waals surface area (Å²) in [5.74, 6) is 0.787. The van der Waals surface area contributed by atoms with Crippen LogP contribution < -0.4 is 5.32 Å². The Hall–Kier alpha value is -2.34. The predicted molar refractivity (Wildman–Crippen MR) is 102 cm³/mol. The molecule has 5 nitrogen and oxygen atoms in total. The number of guanidine groups is 1. The number of rotatable bonds is 5.